The number of carbonyl (C=O) groups excluding carboxylic acids is 1. The molecule has 0 fully saturated rings. The van der Waals surface area contributed by atoms with Crippen LogP contribution in [0, 0.1) is 0 Å². The molecular weight excluding hydrogens is 410 g/mol. The van der Waals surface area contributed by atoms with Crippen molar-refractivity contribution in [2.75, 3.05) is 18.5 Å². The average Bonchev–Trinajstić information content (AvgIpc) is 3.29. The molecule has 5 rings (SSSR count). The van der Waals surface area contributed by atoms with Crippen LogP contribution in [0.2, 0.25) is 0 Å². The van der Waals surface area contributed by atoms with Crippen molar-refractivity contribution in [2.45, 2.75) is 19.9 Å². The number of rotatable bonds is 3. The molecule has 10 heteroatoms. The van der Waals surface area contributed by atoms with E-state index in [0.717, 1.165) is 16.1 Å². The molecule has 4 heterocycles. The van der Waals surface area contributed by atoms with Crippen molar-refractivity contribution < 1.29 is 9.53 Å². The number of hydrogen-bond donors (Lipinski definition) is 1. The highest BCUT2D eigenvalue weighted by Crippen LogP contribution is 2.34. The van der Waals surface area contributed by atoms with Gasteiger partial charge in [0, 0.05) is 17.1 Å². The number of amides is 1. The van der Waals surface area contributed by atoms with Gasteiger partial charge < -0.3 is 15.0 Å². The summed E-state index contributed by atoms with van der Waals surface area (Å²) in [5.41, 5.74) is 1.71. The normalized spacial score (nSPS) is 13.6. The minimum atomic E-state index is -0.320. The van der Waals surface area contributed by atoms with Crippen LogP contribution in [-0.4, -0.2) is 38.7 Å². The van der Waals surface area contributed by atoms with Crippen LogP contribution in [0.4, 0.5) is 15.6 Å². The van der Waals surface area contributed by atoms with Crippen LogP contribution in [0.5, 0.6) is 0 Å². The number of carbonyl (C=O) groups is 1. The molecule has 0 bridgehead atoms. The SMILES string of the molecule is CCOC(=O)N1CCc2c(sc3nc4sc(Nc5ccccc5)nn4c(=O)c23)C1. The van der Waals surface area contributed by atoms with E-state index in [0.29, 0.717) is 46.4 Å². The molecule has 8 nitrogen and oxygen atoms in total. The van der Waals surface area contributed by atoms with Crippen LogP contribution in [-0.2, 0) is 17.7 Å². The van der Waals surface area contributed by atoms with Crippen molar-refractivity contribution in [3.63, 3.8) is 0 Å². The van der Waals surface area contributed by atoms with E-state index in [1.165, 1.54) is 27.2 Å². The fourth-order valence-electron chi connectivity index (χ4n) is 3.43. The van der Waals surface area contributed by atoms with Crippen LogP contribution in [0.25, 0.3) is 15.2 Å². The lowest BCUT2D eigenvalue weighted by molar-refractivity contribution is 0.103. The molecule has 4 aromatic rings. The zero-order valence-corrected chi connectivity index (χ0v) is 17.2. The molecule has 1 amide bonds. The fourth-order valence-corrected chi connectivity index (χ4v) is 5.53. The molecule has 1 aliphatic rings. The maximum absolute atomic E-state index is 13.1. The molecule has 0 unspecified atom stereocenters. The van der Waals surface area contributed by atoms with Crippen molar-refractivity contribution in [2.24, 2.45) is 0 Å². The topological polar surface area (TPSA) is 88.8 Å². The second-order valence-corrected chi connectivity index (χ2v) is 8.60. The Balaban J connectivity index is 1.53. The monoisotopic (exact) mass is 427 g/mol. The third kappa shape index (κ3) is 3.14. The Morgan fingerprint density at radius 2 is 2.10 bits per heavy atom. The molecule has 3 aromatic heterocycles. The number of fused-ring (bicyclic) bond motifs is 4. The number of thiophene rings is 1. The van der Waals surface area contributed by atoms with E-state index in [1.807, 2.05) is 30.3 Å². The van der Waals surface area contributed by atoms with Gasteiger partial charge in [-0.2, -0.15) is 4.52 Å². The van der Waals surface area contributed by atoms with Gasteiger partial charge in [0.1, 0.15) is 4.83 Å². The highest BCUT2D eigenvalue weighted by Gasteiger charge is 2.27. The first-order valence-corrected chi connectivity index (χ1v) is 10.8. The number of hydrogen-bond acceptors (Lipinski definition) is 8. The number of ether oxygens (including phenoxy) is 1. The number of aromatic nitrogens is 3. The molecule has 0 spiro atoms. The summed E-state index contributed by atoms with van der Waals surface area (Å²) >= 11 is 2.80. The second-order valence-electron chi connectivity index (χ2n) is 6.56. The Hall–Kier alpha value is -2.98. The predicted octanol–water partition coefficient (Wildman–Crippen LogP) is 3.62. The van der Waals surface area contributed by atoms with Gasteiger partial charge >= 0.3 is 6.09 Å². The lowest BCUT2D eigenvalue weighted by Gasteiger charge is -2.25. The van der Waals surface area contributed by atoms with Gasteiger partial charge in [0.2, 0.25) is 10.1 Å². The zero-order valence-electron chi connectivity index (χ0n) is 15.5. The van der Waals surface area contributed by atoms with E-state index in [2.05, 4.69) is 15.4 Å². The predicted molar refractivity (Wildman–Crippen MR) is 113 cm³/mol. The summed E-state index contributed by atoms with van der Waals surface area (Å²) in [6.07, 6.45) is 0.288. The van der Waals surface area contributed by atoms with Gasteiger partial charge in [-0.05, 0) is 31.0 Å². The van der Waals surface area contributed by atoms with Crippen molar-refractivity contribution in [3.05, 3.63) is 51.1 Å². The molecule has 0 aliphatic carbocycles. The van der Waals surface area contributed by atoms with E-state index in [-0.39, 0.29) is 11.7 Å². The Labute approximate surface area is 173 Å². The van der Waals surface area contributed by atoms with E-state index in [4.69, 9.17) is 4.74 Å². The molecule has 0 saturated carbocycles. The van der Waals surface area contributed by atoms with Crippen molar-refractivity contribution in [1.29, 1.82) is 0 Å². The zero-order chi connectivity index (χ0) is 20.0. The molecule has 1 aliphatic heterocycles. The number of benzene rings is 1. The van der Waals surface area contributed by atoms with Gasteiger partial charge in [-0.1, -0.05) is 29.5 Å². The fraction of sp³-hybridized carbons (Fsp3) is 0.263. The Morgan fingerprint density at radius 1 is 1.28 bits per heavy atom. The van der Waals surface area contributed by atoms with Crippen LogP contribution >= 0.6 is 22.7 Å². The third-order valence-electron chi connectivity index (χ3n) is 4.75. The van der Waals surface area contributed by atoms with Gasteiger partial charge in [-0.25, -0.2) is 9.78 Å². The van der Waals surface area contributed by atoms with Crippen LogP contribution in [0.3, 0.4) is 0 Å². The van der Waals surface area contributed by atoms with Gasteiger partial charge in [-0.15, -0.1) is 16.4 Å². The lowest BCUT2D eigenvalue weighted by Crippen LogP contribution is -2.36. The molecule has 148 valence electrons. The summed E-state index contributed by atoms with van der Waals surface area (Å²) in [5, 5.41) is 8.86. The number of nitrogens with zero attached hydrogens (tertiary/aromatic N) is 4. The first-order chi connectivity index (χ1) is 14.1. The van der Waals surface area contributed by atoms with Crippen molar-refractivity contribution >= 4 is 54.8 Å². The maximum atomic E-state index is 13.1. The largest absolute Gasteiger partial charge is 0.450 e. The minimum Gasteiger partial charge on any atom is -0.450 e. The Morgan fingerprint density at radius 3 is 2.90 bits per heavy atom. The second kappa shape index (κ2) is 7.12. The van der Waals surface area contributed by atoms with Gasteiger partial charge in [-0.3, -0.25) is 4.79 Å². The number of anilines is 2. The lowest BCUT2D eigenvalue weighted by atomic mass is 10.1. The molecule has 0 saturated heterocycles. The summed E-state index contributed by atoms with van der Waals surface area (Å²) in [6.45, 7) is 3.11. The highest BCUT2D eigenvalue weighted by atomic mass is 32.1. The number of nitrogens with one attached hydrogen (secondary N) is 1. The van der Waals surface area contributed by atoms with Crippen LogP contribution in [0.15, 0.2) is 35.1 Å². The van der Waals surface area contributed by atoms with E-state index in [9.17, 15) is 9.59 Å². The maximum Gasteiger partial charge on any atom is 0.410 e. The van der Waals surface area contributed by atoms with E-state index < -0.39 is 0 Å². The first-order valence-electron chi connectivity index (χ1n) is 9.22. The summed E-state index contributed by atoms with van der Waals surface area (Å²) in [7, 11) is 0. The Bertz CT molecular complexity index is 1280. The molecule has 1 N–H and O–H groups in total. The summed E-state index contributed by atoms with van der Waals surface area (Å²) in [4.78, 5) is 33.8. The van der Waals surface area contributed by atoms with E-state index in [1.54, 1.807) is 11.8 Å². The van der Waals surface area contributed by atoms with E-state index >= 15 is 0 Å². The third-order valence-corrected chi connectivity index (χ3v) is 6.69. The first kappa shape index (κ1) is 18.1. The molecule has 0 atom stereocenters. The minimum absolute atomic E-state index is 0.163. The molecule has 29 heavy (non-hydrogen) atoms. The molecule has 0 radical (unpaired) electrons. The van der Waals surface area contributed by atoms with Gasteiger partial charge in [0.15, 0.2) is 0 Å². The highest BCUT2D eigenvalue weighted by molar-refractivity contribution is 7.21. The van der Waals surface area contributed by atoms with Crippen LogP contribution < -0.4 is 10.9 Å². The van der Waals surface area contributed by atoms with Crippen LogP contribution in [0.1, 0.15) is 17.4 Å². The quantitative estimate of drug-likeness (QED) is 0.537. The van der Waals surface area contributed by atoms with Gasteiger partial charge in [0.05, 0.1) is 18.5 Å². The summed E-state index contributed by atoms with van der Waals surface area (Å²) in [5.74, 6) is 0. The summed E-state index contributed by atoms with van der Waals surface area (Å²) in [6, 6.07) is 9.68. The van der Waals surface area contributed by atoms with Crippen molar-refractivity contribution in [3.8, 4) is 0 Å². The summed E-state index contributed by atoms with van der Waals surface area (Å²) < 4.78 is 6.47. The molecular formula is C19H17N5O3S2. The van der Waals surface area contributed by atoms with Crippen molar-refractivity contribution in [1.82, 2.24) is 19.5 Å². The Kier molecular flexibility index (Phi) is 4.44. The number of para-hydroxylation sites is 1. The standard InChI is InChI=1S/C19H17N5O3S2/c1-2-27-19(26)23-9-8-12-13(10-23)28-15-14(12)16(25)24-18(21-15)29-17(22-24)20-11-6-4-3-5-7-11/h3-7H,2,8-10H2,1H3,(H,20,22). The van der Waals surface area contributed by atoms with Gasteiger partial charge in [0.25, 0.3) is 5.56 Å². The smallest absolute Gasteiger partial charge is 0.410 e. The molecule has 1 aromatic carbocycles. The average molecular weight is 428 g/mol.